The van der Waals surface area contributed by atoms with E-state index in [0.717, 1.165) is 32.1 Å². The van der Waals surface area contributed by atoms with E-state index in [9.17, 15) is 4.79 Å². The average molecular weight is 220 g/mol. The van der Waals surface area contributed by atoms with Crippen molar-refractivity contribution in [1.29, 1.82) is 0 Å². The molecule has 0 bridgehead atoms. The van der Waals surface area contributed by atoms with Crippen molar-refractivity contribution in [2.75, 3.05) is 6.61 Å². The van der Waals surface area contributed by atoms with Crippen LogP contribution in [0.25, 0.3) is 0 Å². The van der Waals surface area contributed by atoms with Crippen molar-refractivity contribution in [2.24, 2.45) is 5.41 Å². The number of rotatable bonds is 4. The zero-order valence-corrected chi connectivity index (χ0v) is 10.1. The molecule has 1 saturated carbocycles. The molecule has 0 aromatic rings. The highest BCUT2D eigenvalue weighted by Gasteiger charge is 2.41. The number of esters is 1. The van der Waals surface area contributed by atoms with Crippen LogP contribution in [0, 0.1) is 17.3 Å². The molecule has 2 nitrogen and oxygen atoms in total. The van der Waals surface area contributed by atoms with Crippen LogP contribution in [0.2, 0.25) is 0 Å². The lowest BCUT2D eigenvalue weighted by atomic mass is 9.83. The first-order valence-electron chi connectivity index (χ1n) is 5.99. The van der Waals surface area contributed by atoms with Crippen LogP contribution in [-0.4, -0.2) is 12.6 Å². The lowest BCUT2D eigenvalue weighted by Gasteiger charge is -2.23. The van der Waals surface area contributed by atoms with Crippen molar-refractivity contribution in [3.05, 3.63) is 12.7 Å². The largest absolute Gasteiger partial charge is 0.461 e. The maximum absolute atomic E-state index is 12.0. The summed E-state index contributed by atoms with van der Waals surface area (Å²) in [5.41, 5.74) is -0.328. The van der Waals surface area contributed by atoms with Gasteiger partial charge in [-0.15, -0.1) is 11.8 Å². The summed E-state index contributed by atoms with van der Waals surface area (Å²) in [6.07, 6.45) is 7.16. The number of hydrogen-bond donors (Lipinski definition) is 0. The van der Waals surface area contributed by atoms with Gasteiger partial charge in [0.15, 0.2) is 0 Å². The lowest BCUT2D eigenvalue weighted by molar-refractivity contribution is -0.154. The average Bonchev–Trinajstić information content (AvgIpc) is 2.76. The normalized spacial score (nSPS) is 17.3. The summed E-state index contributed by atoms with van der Waals surface area (Å²) in [7, 11) is 0. The van der Waals surface area contributed by atoms with E-state index >= 15 is 0 Å². The van der Waals surface area contributed by atoms with E-state index in [1.54, 1.807) is 6.08 Å². The van der Waals surface area contributed by atoms with E-state index in [0.29, 0.717) is 13.0 Å². The predicted octanol–water partition coefficient (Wildman–Crippen LogP) is 3.08. The second kappa shape index (κ2) is 6.37. The molecule has 1 aliphatic rings. The minimum absolute atomic E-state index is 0.0877. The second-order valence-electron chi connectivity index (χ2n) is 4.26. The Morgan fingerprint density at radius 2 is 2.12 bits per heavy atom. The molecule has 0 aromatic carbocycles. The third-order valence-corrected chi connectivity index (χ3v) is 3.05. The Morgan fingerprint density at radius 1 is 1.44 bits per heavy atom. The maximum atomic E-state index is 12.0. The van der Waals surface area contributed by atoms with E-state index in [1.165, 1.54) is 0 Å². The molecule has 0 heterocycles. The Bertz CT molecular complexity index is 300. The van der Waals surface area contributed by atoms with Gasteiger partial charge in [0.2, 0.25) is 0 Å². The zero-order valence-electron chi connectivity index (χ0n) is 10.1. The van der Waals surface area contributed by atoms with Crippen LogP contribution in [0.4, 0.5) is 0 Å². The van der Waals surface area contributed by atoms with Crippen LogP contribution in [0.15, 0.2) is 12.7 Å². The molecule has 0 unspecified atom stereocenters. The van der Waals surface area contributed by atoms with Gasteiger partial charge >= 0.3 is 5.97 Å². The van der Waals surface area contributed by atoms with Crippen LogP contribution >= 0.6 is 0 Å². The molecular formula is C14H20O2. The first kappa shape index (κ1) is 12.8. The number of ether oxygens (including phenoxy) is 1. The van der Waals surface area contributed by atoms with Crippen molar-refractivity contribution in [1.82, 2.24) is 0 Å². The fourth-order valence-electron chi connectivity index (χ4n) is 2.15. The Labute approximate surface area is 98.1 Å². The smallest absolute Gasteiger partial charge is 0.313 e. The molecule has 0 radical (unpaired) electrons. The van der Waals surface area contributed by atoms with Gasteiger partial charge in [0.1, 0.15) is 6.61 Å². The number of carbonyl (C=O) groups is 1. The van der Waals surface area contributed by atoms with Gasteiger partial charge in [0.25, 0.3) is 0 Å². The van der Waals surface area contributed by atoms with Gasteiger partial charge in [-0.05, 0) is 12.8 Å². The van der Waals surface area contributed by atoms with Gasteiger partial charge in [-0.3, -0.25) is 4.79 Å². The minimum Gasteiger partial charge on any atom is -0.461 e. The third-order valence-electron chi connectivity index (χ3n) is 3.05. The van der Waals surface area contributed by atoms with Crippen LogP contribution in [0.3, 0.4) is 0 Å². The first-order chi connectivity index (χ1) is 7.75. The fraction of sp³-hybridized carbons (Fsp3) is 0.643. The molecule has 0 aliphatic heterocycles. The van der Waals surface area contributed by atoms with Crippen LogP contribution in [0.1, 0.15) is 45.4 Å². The number of carbonyl (C=O) groups excluding carboxylic acids is 1. The molecule has 1 fully saturated rings. The van der Waals surface area contributed by atoms with Gasteiger partial charge < -0.3 is 4.74 Å². The first-order valence-corrected chi connectivity index (χ1v) is 5.99. The zero-order chi connectivity index (χ0) is 11.9. The van der Waals surface area contributed by atoms with Crippen LogP contribution in [-0.2, 0) is 9.53 Å². The van der Waals surface area contributed by atoms with Gasteiger partial charge in [-0.2, -0.15) is 0 Å². The highest BCUT2D eigenvalue weighted by atomic mass is 16.5. The van der Waals surface area contributed by atoms with E-state index in [2.05, 4.69) is 18.4 Å². The Balaban J connectivity index is 2.63. The van der Waals surface area contributed by atoms with Crippen molar-refractivity contribution in [3.8, 4) is 11.8 Å². The lowest BCUT2D eigenvalue weighted by Crippen LogP contribution is -2.29. The van der Waals surface area contributed by atoms with Gasteiger partial charge in [-0.25, -0.2) is 0 Å². The number of hydrogen-bond acceptors (Lipinski definition) is 2. The molecule has 1 aliphatic carbocycles. The summed E-state index contributed by atoms with van der Waals surface area (Å²) in [5, 5.41) is 0. The van der Waals surface area contributed by atoms with E-state index in [-0.39, 0.29) is 11.4 Å². The SMILES string of the molecule is C=CCOC(=O)C1(CC#CCC)CCCC1. The van der Waals surface area contributed by atoms with Gasteiger partial charge in [0, 0.05) is 12.8 Å². The monoisotopic (exact) mass is 220 g/mol. The standard InChI is InChI=1S/C14H20O2/c1-3-5-6-9-14(10-7-8-11-14)13(15)16-12-4-2/h4H,2-3,7-12H2,1H3. The molecule has 16 heavy (non-hydrogen) atoms. The quantitative estimate of drug-likeness (QED) is 0.413. The summed E-state index contributed by atoms with van der Waals surface area (Å²) < 4.78 is 5.18. The molecule has 0 amide bonds. The molecule has 0 atom stereocenters. The van der Waals surface area contributed by atoms with Gasteiger partial charge in [0.05, 0.1) is 5.41 Å². The predicted molar refractivity (Wildman–Crippen MR) is 64.7 cm³/mol. The molecule has 1 rings (SSSR count). The topological polar surface area (TPSA) is 26.3 Å². The Morgan fingerprint density at radius 3 is 2.69 bits per heavy atom. The van der Waals surface area contributed by atoms with Crippen LogP contribution < -0.4 is 0 Å². The molecule has 0 N–H and O–H groups in total. The summed E-state index contributed by atoms with van der Waals surface area (Å²) in [6.45, 7) is 5.88. The molecule has 0 aromatic heterocycles. The Kier molecular flexibility index (Phi) is 5.11. The summed E-state index contributed by atoms with van der Waals surface area (Å²) in [5.74, 6) is 6.04. The van der Waals surface area contributed by atoms with Crippen molar-refractivity contribution >= 4 is 5.97 Å². The van der Waals surface area contributed by atoms with E-state index in [4.69, 9.17) is 4.74 Å². The van der Waals surface area contributed by atoms with Crippen molar-refractivity contribution < 1.29 is 9.53 Å². The third kappa shape index (κ3) is 3.13. The highest BCUT2D eigenvalue weighted by Crippen LogP contribution is 2.41. The molecule has 88 valence electrons. The van der Waals surface area contributed by atoms with Crippen molar-refractivity contribution in [2.45, 2.75) is 45.4 Å². The summed E-state index contributed by atoms with van der Waals surface area (Å²) >= 11 is 0. The molecule has 0 spiro atoms. The summed E-state index contributed by atoms with van der Waals surface area (Å²) in [6, 6.07) is 0. The van der Waals surface area contributed by atoms with Crippen LogP contribution in [0.5, 0.6) is 0 Å². The highest BCUT2D eigenvalue weighted by molar-refractivity contribution is 5.77. The van der Waals surface area contributed by atoms with E-state index < -0.39 is 0 Å². The maximum Gasteiger partial charge on any atom is 0.313 e. The van der Waals surface area contributed by atoms with Crippen molar-refractivity contribution in [3.63, 3.8) is 0 Å². The molecular weight excluding hydrogens is 200 g/mol. The summed E-state index contributed by atoms with van der Waals surface area (Å²) in [4.78, 5) is 12.0. The second-order valence-corrected chi connectivity index (χ2v) is 4.26. The fourth-order valence-corrected chi connectivity index (χ4v) is 2.15. The van der Waals surface area contributed by atoms with Gasteiger partial charge in [-0.1, -0.05) is 32.4 Å². The Hall–Kier alpha value is -1.23. The minimum atomic E-state index is -0.328. The molecule has 2 heteroatoms. The van der Waals surface area contributed by atoms with E-state index in [1.807, 2.05) is 6.92 Å². The molecule has 0 saturated heterocycles.